The number of hydrogen-bond acceptors (Lipinski definition) is 4. The number of nitrogens with one attached hydrogen (secondary N) is 1. The van der Waals surface area contributed by atoms with Crippen LogP contribution < -0.4 is 5.32 Å². The summed E-state index contributed by atoms with van der Waals surface area (Å²) in [4.78, 5) is 25.0. The molecule has 1 amide bonds. The average molecular weight is 265 g/mol. The molecule has 0 bridgehead atoms. The number of rotatable bonds is 4. The normalized spacial score (nSPS) is 20.1. The third-order valence-electron chi connectivity index (χ3n) is 2.50. The van der Waals surface area contributed by atoms with Crippen molar-refractivity contribution in [3.05, 3.63) is 0 Å². The zero-order valence-corrected chi connectivity index (χ0v) is 11.4. The third kappa shape index (κ3) is 4.91. The second-order valence-electron chi connectivity index (χ2n) is 4.17. The van der Waals surface area contributed by atoms with Crippen LogP contribution in [0.3, 0.4) is 0 Å². The summed E-state index contributed by atoms with van der Waals surface area (Å²) in [5, 5.41) is 3.05. The van der Waals surface area contributed by atoms with Crippen LogP contribution >= 0.6 is 12.4 Å². The highest BCUT2D eigenvalue weighted by molar-refractivity contribution is 5.87. The van der Waals surface area contributed by atoms with E-state index < -0.39 is 6.04 Å². The Morgan fingerprint density at radius 2 is 2.24 bits per heavy atom. The Morgan fingerprint density at radius 3 is 2.76 bits per heavy atom. The summed E-state index contributed by atoms with van der Waals surface area (Å²) in [6.45, 7) is 7.67. The van der Waals surface area contributed by atoms with Gasteiger partial charge >= 0.3 is 5.97 Å². The summed E-state index contributed by atoms with van der Waals surface area (Å²) in [5.41, 5.74) is 0. The molecule has 1 unspecified atom stereocenters. The van der Waals surface area contributed by atoms with Crippen LogP contribution in [0.2, 0.25) is 0 Å². The number of piperazine rings is 1. The van der Waals surface area contributed by atoms with E-state index in [1.807, 2.05) is 6.92 Å². The van der Waals surface area contributed by atoms with E-state index in [0.29, 0.717) is 13.1 Å². The summed E-state index contributed by atoms with van der Waals surface area (Å²) in [7, 11) is 0. The lowest BCUT2D eigenvalue weighted by Gasteiger charge is -2.32. The van der Waals surface area contributed by atoms with Crippen molar-refractivity contribution in [3.63, 3.8) is 0 Å². The molecule has 0 spiro atoms. The quantitative estimate of drug-likeness (QED) is 0.755. The first kappa shape index (κ1) is 16.2. The number of esters is 1. The predicted octanol–water partition coefficient (Wildman–Crippen LogP) is 0.570. The summed E-state index contributed by atoms with van der Waals surface area (Å²) >= 11 is 0. The Kier molecular flexibility index (Phi) is 7.15. The van der Waals surface area contributed by atoms with Crippen LogP contribution in [0, 0.1) is 0 Å². The Bertz CT molecular complexity index is 271. The van der Waals surface area contributed by atoms with E-state index in [9.17, 15) is 9.59 Å². The summed E-state index contributed by atoms with van der Waals surface area (Å²) in [5.74, 6) is -0.326. The SMILES string of the molecule is CCN1CCNC(CC(=O)OC(C)C)C1=O.Cl. The predicted molar refractivity (Wildman–Crippen MR) is 67.1 cm³/mol. The van der Waals surface area contributed by atoms with Gasteiger partial charge in [-0.15, -0.1) is 12.4 Å². The number of carbonyl (C=O) groups excluding carboxylic acids is 2. The number of halogens is 1. The van der Waals surface area contributed by atoms with Crippen molar-refractivity contribution in [1.29, 1.82) is 0 Å². The summed E-state index contributed by atoms with van der Waals surface area (Å²) < 4.78 is 5.02. The average Bonchev–Trinajstić information content (AvgIpc) is 2.20. The molecule has 1 atom stereocenters. The minimum absolute atomic E-state index is 0. The molecule has 1 N–H and O–H groups in total. The molecule has 1 aliphatic rings. The van der Waals surface area contributed by atoms with Crippen molar-refractivity contribution < 1.29 is 14.3 Å². The molecule has 1 saturated heterocycles. The topological polar surface area (TPSA) is 58.6 Å². The van der Waals surface area contributed by atoms with E-state index in [-0.39, 0.29) is 36.8 Å². The van der Waals surface area contributed by atoms with Crippen molar-refractivity contribution >= 4 is 24.3 Å². The first-order chi connectivity index (χ1) is 7.54. The van der Waals surface area contributed by atoms with Gasteiger partial charge in [-0.3, -0.25) is 9.59 Å². The molecule has 0 aromatic carbocycles. The Balaban J connectivity index is 0.00000256. The molecule has 0 radical (unpaired) electrons. The molecule has 1 rings (SSSR count). The van der Waals surface area contributed by atoms with E-state index in [2.05, 4.69) is 5.32 Å². The zero-order valence-electron chi connectivity index (χ0n) is 10.6. The van der Waals surface area contributed by atoms with E-state index in [4.69, 9.17) is 4.74 Å². The number of ether oxygens (including phenoxy) is 1. The lowest BCUT2D eigenvalue weighted by Crippen LogP contribution is -2.55. The molecule has 1 fully saturated rings. The third-order valence-corrected chi connectivity index (χ3v) is 2.50. The second kappa shape index (κ2) is 7.50. The van der Waals surface area contributed by atoms with Gasteiger partial charge in [0.15, 0.2) is 0 Å². The molecule has 17 heavy (non-hydrogen) atoms. The molecule has 1 aliphatic heterocycles. The van der Waals surface area contributed by atoms with E-state index in [1.165, 1.54) is 0 Å². The van der Waals surface area contributed by atoms with Gasteiger partial charge in [0.2, 0.25) is 5.91 Å². The molecule has 1 heterocycles. The van der Waals surface area contributed by atoms with Crippen molar-refractivity contribution in [1.82, 2.24) is 10.2 Å². The Labute approximate surface area is 108 Å². The standard InChI is InChI=1S/C11H20N2O3.ClH/c1-4-13-6-5-12-9(11(13)15)7-10(14)16-8(2)3;/h8-9,12H,4-7H2,1-3H3;1H. The molecule has 100 valence electrons. The first-order valence-electron chi connectivity index (χ1n) is 5.76. The maximum atomic E-state index is 11.8. The highest BCUT2D eigenvalue weighted by Gasteiger charge is 2.29. The number of likely N-dealkylation sites (N-methyl/N-ethyl adjacent to an activating group) is 1. The molecule has 0 aromatic heterocycles. The minimum Gasteiger partial charge on any atom is -0.463 e. The second-order valence-corrected chi connectivity index (χ2v) is 4.17. The van der Waals surface area contributed by atoms with Gasteiger partial charge in [0, 0.05) is 19.6 Å². The smallest absolute Gasteiger partial charge is 0.308 e. The zero-order chi connectivity index (χ0) is 12.1. The first-order valence-corrected chi connectivity index (χ1v) is 5.76. The summed E-state index contributed by atoms with van der Waals surface area (Å²) in [6.07, 6.45) is -0.0125. The fourth-order valence-electron chi connectivity index (χ4n) is 1.74. The van der Waals surface area contributed by atoms with Gasteiger partial charge in [-0.25, -0.2) is 0 Å². The molecule has 6 heteroatoms. The van der Waals surface area contributed by atoms with Crippen molar-refractivity contribution in [2.45, 2.75) is 39.3 Å². The molecule has 0 saturated carbocycles. The fourth-order valence-corrected chi connectivity index (χ4v) is 1.74. The number of amides is 1. The van der Waals surface area contributed by atoms with Crippen LogP contribution in [0.25, 0.3) is 0 Å². The Hall–Kier alpha value is -0.810. The van der Waals surface area contributed by atoms with E-state index in [1.54, 1.807) is 18.7 Å². The lowest BCUT2D eigenvalue weighted by molar-refractivity contribution is -0.151. The highest BCUT2D eigenvalue weighted by Crippen LogP contribution is 2.06. The van der Waals surface area contributed by atoms with Crippen LogP contribution in [0.5, 0.6) is 0 Å². The van der Waals surface area contributed by atoms with Gasteiger partial charge in [0.1, 0.15) is 0 Å². The molecular formula is C11H21ClN2O3. The maximum Gasteiger partial charge on any atom is 0.308 e. The minimum atomic E-state index is -0.417. The molecule has 5 nitrogen and oxygen atoms in total. The van der Waals surface area contributed by atoms with Gasteiger partial charge < -0.3 is 15.0 Å². The van der Waals surface area contributed by atoms with Crippen LogP contribution in [-0.4, -0.2) is 48.6 Å². The van der Waals surface area contributed by atoms with Crippen LogP contribution in [0.4, 0.5) is 0 Å². The van der Waals surface area contributed by atoms with Gasteiger partial charge in [-0.1, -0.05) is 0 Å². The van der Waals surface area contributed by atoms with Crippen molar-refractivity contribution in [3.8, 4) is 0 Å². The van der Waals surface area contributed by atoms with Crippen LogP contribution in [0.15, 0.2) is 0 Å². The maximum absolute atomic E-state index is 11.8. The molecular weight excluding hydrogens is 244 g/mol. The highest BCUT2D eigenvalue weighted by atomic mass is 35.5. The largest absolute Gasteiger partial charge is 0.463 e. The van der Waals surface area contributed by atoms with Crippen LogP contribution in [-0.2, 0) is 14.3 Å². The monoisotopic (exact) mass is 264 g/mol. The van der Waals surface area contributed by atoms with Crippen molar-refractivity contribution in [2.75, 3.05) is 19.6 Å². The van der Waals surface area contributed by atoms with Crippen LogP contribution in [0.1, 0.15) is 27.2 Å². The van der Waals surface area contributed by atoms with Gasteiger partial charge in [-0.2, -0.15) is 0 Å². The van der Waals surface area contributed by atoms with Crippen molar-refractivity contribution in [2.24, 2.45) is 0 Å². The van der Waals surface area contributed by atoms with Gasteiger partial charge in [0.25, 0.3) is 0 Å². The fraction of sp³-hybridized carbons (Fsp3) is 0.818. The number of nitrogens with zero attached hydrogens (tertiary/aromatic N) is 1. The van der Waals surface area contributed by atoms with Gasteiger partial charge in [0.05, 0.1) is 18.6 Å². The van der Waals surface area contributed by atoms with E-state index in [0.717, 1.165) is 6.54 Å². The molecule has 0 aromatic rings. The van der Waals surface area contributed by atoms with E-state index >= 15 is 0 Å². The summed E-state index contributed by atoms with van der Waals surface area (Å²) in [6, 6.07) is -0.417. The molecule has 0 aliphatic carbocycles. The Morgan fingerprint density at radius 1 is 1.59 bits per heavy atom. The lowest BCUT2D eigenvalue weighted by atomic mass is 10.1. The number of hydrogen-bond donors (Lipinski definition) is 1. The number of carbonyl (C=O) groups is 2. The van der Waals surface area contributed by atoms with Gasteiger partial charge in [-0.05, 0) is 20.8 Å².